The average molecular weight is 482 g/mol. The number of nitrogens with zero attached hydrogens (tertiary/aromatic N) is 2. The molecule has 0 fully saturated rings. The van der Waals surface area contributed by atoms with Gasteiger partial charge < -0.3 is 19.7 Å². The minimum Gasteiger partial charge on any atom is -0.493 e. The van der Waals surface area contributed by atoms with E-state index in [1.165, 1.54) is 0 Å². The summed E-state index contributed by atoms with van der Waals surface area (Å²) in [5.41, 5.74) is -1.69. The van der Waals surface area contributed by atoms with Crippen molar-refractivity contribution in [1.29, 1.82) is 0 Å². The Kier molecular flexibility index (Phi) is 5.81. The molecule has 0 radical (unpaired) electrons. The largest absolute Gasteiger partial charge is 0.493 e. The van der Waals surface area contributed by atoms with Crippen molar-refractivity contribution in [3.63, 3.8) is 0 Å². The number of anilines is 1. The number of ether oxygens (including phenoxy) is 1. The number of pyridine rings is 1. The van der Waals surface area contributed by atoms with Crippen LogP contribution in [0.1, 0.15) is 37.1 Å². The second-order valence-electron chi connectivity index (χ2n) is 9.63. The van der Waals surface area contributed by atoms with Gasteiger partial charge in [0, 0.05) is 48.6 Å². The molecule has 3 aromatic rings. The SMILES string of the molecule is CN(C)c1cc2cc(CC(O)(CC(C)(C)c3cc(Cl)cc4c3OCC4)C(F)(F)F)[nH]c2cn1. The summed E-state index contributed by atoms with van der Waals surface area (Å²) in [5, 5.41) is 12.2. The summed E-state index contributed by atoms with van der Waals surface area (Å²) < 4.78 is 48.5. The number of aliphatic hydroxyl groups is 1. The van der Waals surface area contributed by atoms with Crippen LogP contribution in [0.25, 0.3) is 10.9 Å². The maximum absolute atomic E-state index is 14.3. The number of rotatable bonds is 6. The van der Waals surface area contributed by atoms with E-state index in [2.05, 4.69) is 9.97 Å². The van der Waals surface area contributed by atoms with Crippen LogP contribution in [0.3, 0.4) is 0 Å². The molecule has 0 saturated carbocycles. The highest BCUT2D eigenvalue weighted by atomic mass is 35.5. The molecule has 1 unspecified atom stereocenters. The van der Waals surface area contributed by atoms with Crippen LogP contribution in [0.2, 0.25) is 5.02 Å². The fraction of sp³-hybridized carbons (Fsp3) is 0.458. The van der Waals surface area contributed by atoms with Crippen LogP contribution in [-0.2, 0) is 18.3 Å². The monoisotopic (exact) mass is 481 g/mol. The van der Waals surface area contributed by atoms with Crippen molar-refractivity contribution in [2.24, 2.45) is 0 Å². The normalized spacial score (nSPS) is 15.9. The summed E-state index contributed by atoms with van der Waals surface area (Å²) in [6.45, 7) is 3.81. The first-order chi connectivity index (χ1) is 15.3. The van der Waals surface area contributed by atoms with Gasteiger partial charge in [-0.3, -0.25) is 0 Å². The summed E-state index contributed by atoms with van der Waals surface area (Å²) in [6.07, 6.45) is -3.79. The Morgan fingerprint density at radius 1 is 1.18 bits per heavy atom. The molecule has 2 aromatic heterocycles. The van der Waals surface area contributed by atoms with Crippen molar-refractivity contribution in [2.75, 3.05) is 25.6 Å². The van der Waals surface area contributed by atoms with Crippen LogP contribution in [0, 0.1) is 0 Å². The number of alkyl halides is 3. The molecular weight excluding hydrogens is 455 g/mol. The third-order valence-electron chi connectivity index (χ3n) is 6.23. The lowest BCUT2D eigenvalue weighted by molar-refractivity contribution is -0.266. The molecule has 2 N–H and O–H groups in total. The number of hydrogen-bond acceptors (Lipinski definition) is 4. The summed E-state index contributed by atoms with van der Waals surface area (Å²) in [4.78, 5) is 9.08. The third kappa shape index (κ3) is 4.51. The van der Waals surface area contributed by atoms with Gasteiger partial charge in [0.1, 0.15) is 11.6 Å². The lowest BCUT2D eigenvalue weighted by Gasteiger charge is -2.38. The van der Waals surface area contributed by atoms with Gasteiger partial charge in [-0.05, 0) is 41.7 Å². The van der Waals surface area contributed by atoms with E-state index in [1.807, 2.05) is 19.0 Å². The smallest absolute Gasteiger partial charge is 0.417 e. The second-order valence-corrected chi connectivity index (χ2v) is 10.1. The van der Waals surface area contributed by atoms with Gasteiger partial charge in [-0.25, -0.2) is 4.98 Å². The van der Waals surface area contributed by atoms with Crippen molar-refractivity contribution in [3.05, 3.63) is 52.3 Å². The molecule has 0 amide bonds. The Hall–Kier alpha value is -2.45. The van der Waals surface area contributed by atoms with E-state index in [0.717, 1.165) is 10.9 Å². The number of nitrogens with one attached hydrogen (secondary N) is 1. The molecule has 0 spiro atoms. The van der Waals surface area contributed by atoms with E-state index in [9.17, 15) is 18.3 Å². The third-order valence-corrected chi connectivity index (χ3v) is 6.45. The lowest BCUT2D eigenvalue weighted by Crippen LogP contribution is -2.51. The molecule has 0 saturated heterocycles. The van der Waals surface area contributed by atoms with Crippen LogP contribution in [0.4, 0.5) is 19.0 Å². The van der Waals surface area contributed by atoms with Crippen molar-refractivity contribution in [3.8, 4) is 5.75 Å². The van der Waals surface area contributed by atoms with E-state index in [0.29, 0.717) is 40.7 Å². The summed E-state index contributed by atoms with van der Waals surface area (Å²) in [7, 11) is 3.67. The highest BCUT2D eigenvalue weighted by Gasteiger charge is 2.56. The molecule has 0 bridgehead atoms. The molecule has 33 heavy (non-hydrogen) atoms. The highest BCUT2D eigenvalue weighted by molar-refractivity contribution is 6.30. The fourth-order valence-electron chi connectivity index (χ4n) is 4.60. The number of aromatic amines is 1. The number of hydrogen-bond donors (Lipinski definition) is 2. The molecule has 0 aliphatic carbocycles. The van der Waals surface area contributed by atoms with Gasteiger partial charge in [-0.2, -0.15) is 13.2 Å². The Labute approximate surface area is 195 Å². The Morgan fingerprint density at radius 2 is 1.91 bits per heavy atom. The van der Waals surface area contributed by atoms with Crippen LogP contribution >= 0.6 is 11.6 Å². The Balaban J connectivity index is 1.69. The molecule has 1 aliphatic rings. The fourth-order valence-corrected chi connectivity index (χ4v) is 4.84. The number of benzene rings is 1. The van der Waals surface area contributed by atoms with E-state index >= 15 is 0 Å². The van der Waals surface area contributed by atoms with Crippen LogP contribution < -0.4 is 9.64 Å². The zero-order chi connectivity index (χ0) is 24.2. The first-order valence-electron chi connectivity index (χ1n) is 10.7. The van der Waals surface area contributed by atoms with Gasteiger partial charge >= 0.3 is 6.18 Å². The summed E-state index contributed by atoms with van der Waals surface area (Å²) >= 11 is 6.25. The summed E-state index contributed by atoms with van der Waals surface area (Å²) in [5.74, 6) is 1.26. The van der Waals surface area contributed by atoms with Gasteiger partial charge in [-0.15, -0.1) is 0 Å². The maximum atomic E-state index is 14.3. The van der Waals surface area contributed by atoms with Gasteiger partial charge in [-0.1, -0.05) is 25.4 Å². The molecule has 178 valence electrons. The summed E-state index contributed by atoms with van der Waals surface area (Å²) in [6, 6.07) is 6.84. The van der Waals surface area contributed by atoms with Crippen molar-refractivity contribution < 1.29 is 23.0 Å². The average Bonchev–Trinajstić information content (AvgIpc) is 3.30. The minimum absolute atomic E-state index is 0.283. The predicted octanol–water partition coefficient (Wildman–Crippen LogP) is 5.42. The maximum Gasteiger partial charge on any atom is 0.417 e. The number of fused-ring (bicyclic) bond motifs is 2. The van der Waals surface area contributed by atoms with E-state index in [-0.39, 0.29) is 5.69 Å². The van der Waals surface area contributed by atoms with Crippen molar-refractivity contribution >= 4 is 28.3 Å². The molecule has 1 aliphatic heterocycles. The van der Waals surface area contributed by atoms with Crippen LogP contribution in [0.15, 0.2) is 30.5 Å². The highest BCUT2D eigenvalue weighted by Crippen LogP contribution is 2.47. The van der Waals surface area contributed by atoms with Gasteiger partial charge in [0.25, 0.3) is 0 Å². The predicted molar refractivity (Wildman–Crippen MR) is 123 cm³/mol. The molecule has 4 rings (SSSR count). The zero-order valence-electron chi connectivity index (χ0n) is 19.0. The van der Waals surface area contributed by atoms with E-state index in [1.54, 1.807) is 44.3 Å². The minimum atomic E-state index is -4.85. The van der Waals surface area contributed by atoms with Crippen molar-refractivity contribution in [1.82, 2.24) is 9.97 Å². The van der Waals surface area contributed by atoms with Gasteiger partial charge in [0.05, 0.1) is 18.3 Å². The quantitative estimate of drug-likeness (QED) is 0.493. The van der Waals surface area contributed by atoms with E-state index < -0.39 is 30.0 Å². The Bertz CT molecular complexity index is 1190. The number of halogens is 4. The number of H-pyrrole nitrogens is 1. The standard InChI is InChI=1S/C24H27ClF3N3O2/c1-22(2,18-10-16(25)7-14-5-6-33-21(14)18)13-23(32,24(26,27)28)11-17-8-15-9-20(31(3)4)29-12-19(15)30-17/h7-10,12,30,32H,5-6,11,13H2,1-4H3. The van der Waals surface area contributed by atoms with E-state index in [4.69, 9.17) is 16.3 Å². The zero-order valence-corrected chi connectivity index (χ0v) is 19.7. The van der Waals surface area contributed by atoms with Gasteiger partial charge in [0.2, 0.25) is 0 Å². The molecule has 9 heteroatoms. The number of aromatic nitrogens is 2. The second kappa shape index (κ2) is 8.09. The van der Waals surface area contributed by atoms with Crippen molar-refractivity contribution in [2.45, 2.75) is 50.3 Å². The topological polar surface area (TPSA) is 61.4 Å². The first kappa shape index (κ1) is 23.7. The molecular formula is C24H27ClF3N3O2. The molecule has 1 aromatic carbocycles. The Morgan fingerprint density at radius 3 is 2.58 bits per heavy atom. The van der Waals surface area contributed by atoms with Crippen LogP contribution in [-0.4, -0.2) is 47.6 Å². The lowest BCUT2D eigenvalue weighted by atomic mass is 9.73. The van der Waals surface area contributed by atoms with Crippen LogP contribution in [0.5, 0.6) is 5.75 Å². The molecule has 5 nitrogen and oxygen atoms in total. The molecule has 1 atom stereocenters. The first-order valence-corrected chi connectivity index (χ1v) is 11.1. The molecule has 3 heterocycles. The van der Waals surface area contributed by atoms with Gasteiger partial charge in [0.15, 0.2) is 5.60 Å².